The van der Waals surface area contributed by atoms with Gasteiger partial charge in [0.05, 0.1) is 12.0 Å². The highest BCUT2D eigenvalue weighted by Gasteiger charge is 2.20. The van der Waals surface area contributed by atoms with Gasteiger partial charge in [-0.25, -0.2) is 14.8 Å². The summed E-state index contributed by atoms with van der Waals surface area (Å²) in [5, 5.41) is 1.72. The van der Waals surface area contributed by atoms with Crippen molar-refractivity contribution in [1.29, 1.82) is 0 Å². The summed E-state index contributed by atoms with van der Waals surface area (Å²) in [6.45, 7) is 6.05. The quantitative estimate of drug-likeness (QED) is 0.251. The number of ether oxygens (including phenoxy) is 1. The molecule has 0 spiro atoms. The van der Waals surface area contributed by atoms with Gasteiger partial charge in [0.2, 0.25) is 0 Å². The van der Waals surface area contributed by atoms with Crippen molar-refractivity contribution >= 4 is 50.9 Å². The van der Waals surface area contributed by atoms with Gasteiger partial charge in [-0.2, -0.15) is 0 Å². The van der Waals surface area contributed by atoms with E-state index in [4.69, 9.17) is 16.3 Å². The van der Waals surface area contributed by atoms with Crippen molar-refractivity contribution < 1.29 is 9.53 Å². The number of hydrogen-bond acceptors (Lipinski definition) is 6. The SMILES string of the molecule is CCOC(=O)c1sc2nc(SCc3ccccc3C)nc(Cl)c2c1C. The van der Waals surface area contributed by atoms with Gasteiger partial charge in [0.1, 0.15) is 14.9 Å². The zero-order chi connectivity index (χ0) is 18.0. The Morgan fingerprint density at radius 2 is 2.04 bits per heavy atom. The lowest BCUT2D eigenvalue weighted by molar-refractivity contribution is 0.0531. The van der Waals surface area contributed by atoms with Gasteiger partial charge in [-0.1, -0.05) is 47.6 Å². The molecule has 4 nitrogen and oxygen atoms in total. The number of carbonyl (C=O) groups is 1. The van der Waals surface area contributed by atoms with Crippen LogP contribution in [0.4, 0.5) is 0 Å². The number of hydrogen-bond donors (Lipinski definition) is 0. The van der Waals surface area contributed by atoms with Crippen LogP contribution in [-0.4, -0.2) is 22.5 Å². The third-order valence-electron chi connectivity index (χ3n) is 3.80. The zero-order valence-electron chi connectivity index (χ0n) is 14.1. The number of thioether (sulfide) groups is 1. The number of nitrogens with zero attached hydrogens (tertiary/aromatic N) is 2. The molecule has 0 atom stereocenters. The Labute approximate surface area is 159 Å². The van der Waals surface area contributed by atoms with Gasteiger partial charge < -0.3 is 4.74 Å². The van der Waals surface area contributed by atoms with E-state index in [0.29, 0.717) is 26.6 Å². The van der Waals surface area contributed by atoms with E-state index in [1.807, 2.05) is 19.1 Å². The molecule has 0 aliphatic rings. The minimum Gasteiger partial charge on any atom is -0.462 e. The Morgan fingerprint density at radius 1 is 1.28 bits per heavy atom. The van der Waals surface area contributed by atoms with Gasteiger partial charge in [0.25, 0.3) is 0 Å². The molecule has 0 N–H and O–H groups in total. The fourth-order valence-corrected chi connectivity index (χ4v) is 4.91. The first-order valence-electron chi connectivity index (χ1n) is 7.82. The summed E-state index contributed by atoms with van der Waals surface area (Å²) < 4.78 is 5.10. The molecule has 1 aromatic carbocycles. The van der Waals surface area contributed by atoms with Crippen LogP contribution in [0.3, 0.4) is 0 Å². The fourth-order valence-electron chi connectivity index (χ4n) is 2.44. The van der Waals surface area contributed by atoms with Crippen molar-refractivity contribution in [1.82, 2.24) is 9.97 Å². The second-order valence-electron chi connectivity index (χ2n) is 5.47. The molecule has 130 valence electrons. The third-order valence-corrected chi connectivity index (χ3v) is 6.14. The Kier molecular flexibility index (Phi) is 5.61. The van der Waals surface area contributed by atoms with Crippen LogP contribution in [0.5, 0.6) is 0 Å². The van der Waals surface area contributed by atoms with E-state index in [-0.39, 0.29) is 5.97 Å². The second kappa shape index (κ2) is 7.72. The van der Waals surface area contributed by atoms with Crippen LogP contribution in [-0.2, 0) is 10.5 Å². The van der Waals surface area contributed by atoms with Crippen LogP contribution in [0.2, 0.25) is 5.15 Å². The highest BCUT2D eigenvalue weighted by molar-refractivity contribution is 7.98. The molecule has 25 heavy (non-hydrogen) atoms. The molecule has 0 aliphatic heterocycles. The van der Waals surface area contributed by atoms with E-state index in [1.165, 1.54) is 34.2 Å². The van der Waals surface area contributed by atoms with Gasteiger partial charge in [-0.15, -0.1) is 11.3 Å². The summed E-state index contributed by atoms with van der Waals surface area (Å²) in [7, 11) is 0. The monoisotopic (exact) mass is 392 g/mol. The largest absolute Gasteiger partial charge is 0.462 e. The average molecular weight is 393 g/mol. The predicted octanol–water partition coefficient (Wildman–Crippen LogP) is 5.43. The molecule has 2 heterocycles. The van der Waals surface area contributed by atoms with Crippen LogP contribution in [0.25, 0.3) is 10.2 Å². The minimum absolute atomic E-state index is 0.337. The van der Waals surface area contributed by atoms with Gasteiger partial charge in [-0.3, -0.25) is 0 Å². The molecule has 0 unspecified atom stereocenters. The Balaban J connectivity index is 1.91. The number of carbonyl (C=O) groups excluding carboxylic acids is 1. The Hall–Kier alpha value is -1.63. The van der Waals surface area contributed by atoms with Crippen molar-refractivity contribution in [2.45, 2.75) is 31.7 Å². The molecular formula is C18H17ClN2O2S2. The number of rotatable bonds is 5. The number of esters is 1. The zero-order valence-corrected chi connectivity index (χ0v) is 16.5. The van der Waals surface area contributed by atoms with E-state index in [1.54, 1.807) is 6.92 Å². The highest BCUT2D eigenvalue weighted by atomic mass is 35.5. The molecule has 0 fully saturated rings. The van der Waals surface area contributed by atoms with E-state index >= 15 is 0 Å². The van der Waals surface area contributed by atoms with Gasteiger partial charge in [0, 0.05) is 5.75 Å². The maximum Gasteiger partial charge on any atom is 0.348 e. The van der Waals surface area contributed by atoms with Crippen LogP contribution < -0.4 is 0 Å². The first-order valence-corrected chi connectivity index (χ1v) is 10.00. The topological polar surface area (TPSA) is 52.1 Å². The first-order chi connectivity index (χ1) is 12.0. The third kappa shape index (κ3) is 3.81. The summed E-state index contributed by atoms with van der Waals surface area (Å²) in [5.74, 6) is 0.428. The molecule has 0 saturated carbocycles. The summed E-state index contributed by atoms with van der Waals surface area (Å²) in [6, 6.07) is 8.22. The number of thiophene rings is 1. The van der Waals surface area contributed by atoms with Crippen molar-refractivity contribution in [3.8, 4) is 0 Å². The van der Waals surface area contributed by atoms with Crippen LogP contribution >= 0.6 is 34.7 Å². The number of fused-ring (bicyclic) bond motifs is 1. The lowest BCUT2D eigenvalue weighted by atomic mass is 10.1. The molecule has 7 heteroatoms. The maximum atomic E-state index is 12.1. The molecule has 0 bridgehead atoms. The first kappa shape index (κ1) is 18.2. The maximum absolute atomic E-state index is 12.1. The predicted molar refractivity (Wildman–Crippen MR) is 104 cm³/mol. The van der Waals surface area contributed by atoms with Crippen LogP contribution in [0.1, 0.15) is 33.3 Å². The molecule has 0 radical (unpaired) electrons. The van der Waals surface area contributed by atoms with E-state index in [0.717, 1.165) is 16.7 Å². The van der Waals surface area contributed by atoms with Gasteiger partial charge in [-0.05, 0) is 37.5 Å². The Morgan fingerprint density at radius 3 is 2.76 bits per heavy atom. The highest BCUT2D eigenvalue weighted by Crippen LogP contribution is 2.36. The van der Waals surface area contributed by atoms with E-state index in [9.17, 15) is 4.79 Å². The molecule has 0 amide bonds. The van der Waals surface area contributed by atoms with Crippen LogP contribution in [0.15, 0.2) is 29.4 Å². The fraction of sp³-hybridized carbons (Fsp3) is 0.278. The molecule has 3 rings (SSSR count). The van der Waals surface area contributed by atoms with Crippen LogP contribution in [0, 0.1) is 13.8 Å². The van der Waals surface area contributed by atoms with Crippen molar-refractivity contribution in [2.24, 2.45) is 0 Å². The lowest BCUT2D eigenvalue weighted by Gasteiger charge is -2.05. The van der Waals surface area contributed by atoms with Gasteiger partial charge in [0.15, 0.2) is 5.16 Å². The standard InChI is InChI=1S/C18H17ClN2O2S2/c1-4-23-17(22)14-11(3)13-15(19)20-18(21-16(13)25-14)24-9-12-8-6-5-7-10(12)2/h5-8H,4,9H2,1-3H3. The molecule has 0 aliphatic carbocycles. The average Bonchev–Trinajstić information content (AvgIpc) is 2.92. The number of benzene rings is 1. The summed E-state index contributed by atoms with van der Waals surface area (Å²) in [6.07, 6.45) is 0. The number of aromatic nitrogens is 2. The Bertz CT molecular complexity index is 940. The smallest absolute Gasteiger partial charge is 0.348 e. The molecule has 0 saturated heterocycles. The number of aryl methyl sites for hydroxylation is 2. The number of halogens is 1. The summed E-state index contributed by atoms with van der Waals surface area (Å²) >= 11 is 9.20. The normalized spacial score (nSPS) is 11.0. The van der Waals surface area contributed by atoms with Gasteiger partial charge >= 0.3 is 5.97 Å². The van der Waals surface area contributed by atoms with Crippen molar-refractivity contribution in [3.05, 3.63) is 51.0 Å². The van der Waals surface area contributed by atoms with E-state index in [2.05, 4.69) is 29.0 Å². The van der Waals surface area contributed by atoms with E-state index < -0.39 is 0 Å². The van der Waals surface area contributed by atoms with Crippen molar-refractivity contribution in [2.75, 3.05) is 6.61 Å². The molecular weight excluding hydrogens is 376 g/mol. The molecule has 3 aromatic rings. The minimum atomic E-state index is -0.340. The second-order valence-corrected chi connectivity index (χ2v) is 7.77. The van der Waals surface area contributed by atoms with Crippen molar-refractivity contribution in [3.63, 3.8) is 0 Å². The molecule has 2 aromatic heterocycles. The summed E-state index contributed by atoms with van der Waals surface area (Å²) in [4.78, 5) is 22.3. The lowest BCUT2D eigenvalue weighted by Crippen LogP contribution is -2.03. The summed E-state index contributed by atoms with van der Waals surface area (Å²) in [5.41, 5.74) is 3.25.